The highest BCUT2D eigenvalue weighted by Crippen LogP contribution is 2.17. The Hall–Kier alpha value is -2.48. The average Bonchev–Trinajstić information content (AvgIpc) is 2.47. The molecule has 18 heavy (non-hydrogen) atoms. The first-order valence-corrected chi connectivity index (χ1v) is 5.70. The Labute approximate surface area is 105 Å². The van der Waals surface area contributed by atoms with Gasteiger partial charge in [0.15, 0.2) is 5.78 Å². The Balaban J connectivity index is 2.07. The van der Waals surface area contributed by atoms with E-state index in [1.165, 1.54) is 0 Å². The molecule has 2 nitrogen and oxygen atoms in total. The van der Waals surface area contributed by atoms with Gasteiger partial charge in [-0.2, -0.15) is 0 Å². The zero-order valence-corrected chi connectivity index (χ0v) is 9.63. The van der Waals surface area contributed by atoms with Gasteiger partial charge in [-0.25, -0.2) is 0 Å². The molecule has 1 radical (unpaired) electrons. The number of carbonyl (C=O) groups excluding carboxylic acids is 1. The highest BCUT2D eigenvalue weighted by atomic mass is 16.1. The van der Waals surface area contributed by atoms with Gasteiger partial charge in [-0.1, -0.05) is 30.3 Å². The summed E-state index contributed by atoms with van der Waals surface area (Å²) in [6.45, 7) is 0. The SMILES string of the molecule is O=C(c1[c]c2ccccc2cc1)c1cccnc1. The summed E-state index contributed by atoms with van der Waals surface area (Å²) in [5.74, 6) is -0.0474. The van der Waals surface area contributed by atoms with Crippen molar-refractivity contribution in [3.8, 4) is 0 Å². The van der Waals surface area contributed by atoms with Gasteiger partial charge in [0.1, 0.15) is 0 Å². The van der Waals surface area contributed by atoms with Crippen LogP contribution < -0.4 is 0 Å². The largest absolute Gasteiger partial charge is 0.289 e. The quantitative estimate of drug-likeness (QED) is 0.635. The number of nitrogens with zero attached hydrogens (tertiary/aromatic N) is 1. The summed E-state index contributed by atoms with van der Waals surface area (Å²) < 4.78 is 0. The van der Waals surface area contributed by atoms with Crippen LogP contribution in [0.4, 0.5) is 0 Å². The number of fused-ring (bicyclic) bond motifs is 1. The molecule has 0 amide bonds. The van der Waals surface area contributed by atoms with Crippen molar-refractivity contribution >= 4 is 16.6 Å². The number of hydrogen-bond acceptors (Lipinski definition) is 2. The lowest BCUT2D eigenvalue weighted by Crippen LogP contribution is -2.01. The van der Waals surface area contributed by atoms with Crippen LogP contribution in [0.25, 0.3) is 10.8 Å². The number of pyridine rings is 1. The van der Waals surface area contributed by atoms with E-state index in [9.17, 15) is 4.79 Å². The van der Waals surface area contributed by atoms with Crippen LogP contribution in [0.5, 0.6) is 0 Å². The average molecular weight is 232 g/mol. The molecule has 0 aliphatic carbocycles. The summed E-state index contributed by atoms with van der Waals surface area (Å²) in [5.41, 5.74) is 1.16. The lowest BCUT2D eigenvalue weighted by molar-refractivity contribution is 0.103. The Morgan fingerprint density at radius 2 is 1.89 bits per heavy atom. The zero-order valence-electron chi connectivity index (χ0n) is 9.63. The van der Waals surface area contributed by atoms with Crippen molar-refractivity contribution in [1.82, 2.24) is 4.98 Å². The van der Waals surface area contributed by atoms with Gasteiger partial charge < -0.3 is 0 Å². The summed E-state index contributed by atoms with van der Waals surface area (Å²) in [5, 5.41) is 2.03. The molecule has 3 aromatic rings. The minimum atomic E-state index is -0.0474. The molecule has 0 saturated carbocycles. The first-order chi connectivity index (χ1) is 8.84. The minimum absolute atomic E-state index is 0.0474. The van der Waals surface area contributed by atoms with Crippen LogP contribution in [-0.2, 0) is 0 Å². The Morgan fingerprint density at radius 3 is 2.72 bits per heavy atom. The minimum Gasteiger partial charge on any atom is -0.289 e. The van der Waals surface area contributed by atoms with E-state index in [4.69, 9.17) is 0 Å². The molecule has 85 valence electrons. The number of ketones is 1. The smallest absolute Gasteiger partial charge is 0.195 e. The zero-order chi connectivity index (χ0) is 12.4. The lowest BCUT2D eigenvalue weighted by Gasteiger charge is -2.02. The number of aromatic nitrogens is 1. The van der Waals surface area contributed by atoms with Crippen molar-refractivity contribution in [3.05, 3.63) is 78.1 Å². The maximum atomic E-state index is 12.2. The van der Waals surface area contributed by atoms with Gasteiger partial charge in [-0.05, 0) is 29.0 Å². The van der Waals surface area contributed by atoms with E-state index in [2.05, 4.69) is 11.1 Å². The van der Waals surface area contributed by atoms with E-state index < -0.39 is 0 Å². The van der Waals surface area contributed by atoms with Crippen LogP contribution in [0.1, 0.15) is 15.9 Å². The van der Waals surface area contributed by atoms with E-state index >= 15 is 0 Å². The molecule has 2 heteroatoms. The van der Waals surface area contributed by atoms with Gasteiger partial charge in [0.05, 0.1) is 0 Å². The van der Waals surface area contributed by atoms with Crippen molar-refractivity contribution in [2.75, 3.05) is 0 Å². The van der Waals surface area contributed by atoms with E-state index in [1.54, 1.807) is 30.6 Å². The second-order valence-electron chi connectivity index (χ2n) is 4.03. The summed E-state index contributed by atoms with van der Waals surface area (Å²) in [6.07, 6.45) is 3.23. The molecular formula is C16H10NO. The third-order valence-electron chi connectivity index (χ3n) is 2.83. The highest BCUT2D eigenvalue weighted by molar-refractivity contribution is 6.10. The van der Waals surface area contributed by atoms with Gasteiger partial charge in [-0.15, -0.1) is 0 Å². The van der Waals surface area contributed by atoms with Crippen molar-refractivity contribution < 1.29 is 4.79 Å². The summed E-state index contributed by atoms with van der Waals surface area (Å²) in [6, 6.07) is 18.3. The number of hydrogen-bond donors (Lipinski definition) is 0. The van der Waals surface area contributed by atoms with Gasteiger partial charge >= 0.3 is 0 Å². The number of carbonyl (C=O) groups is 1. The molecule has 0 spiro atoms. The van der Waals surface area contributed by atoms with Gasteiger partial charge in [-0.3, -0.25) is 9.78 Å². The van der Waals surface area contributed by atoms with Crippen LogP contribution in [0.15, 0.2) is 60.9 Å². The summed E-state index contributed by atoms with van der Waals surface area (Å²) in [4.78, 5) is 16.2. The van der Waals surface area contributed by atoms with Gasteiger partial charge in [0.2, 0.25) is 0 Å². The maximum Gasteiger partial charge on any atom is 0.195 e. The van der Waals surface area contributed by atoms with E-state index in [1.807, 2.05) is 30.3 Å². The summed E-state index contributed by atoms with van der Waals surface area (Å²) in [7, 11) is 0. The van der Waals surface area contributed by atoms with Crippen molar-refractivity contribution in [2.24, 2.45) is 0 Å². The third-order valence-corrected chi connectivity index (χ3v) is 2.83. The standard InChI is InChI=1S/C16H10NO/c18-16(15-6-3-9-17-11-15)14-8-7-12-4-1-2-5-13(12)10-14/h1-9,11H. The molecule has 0 bridgehead atoms. The predicted molar refractivity (Wildman–Crippen MR) is 70.5 cm³/mol. The molecule has 0 saturated heterocycles. The first kappa shape index (κ1) is 10.7. The topological polar surface area (TPSA) is 30.0 Å². The molecule has 0 aliphatic heterocycles. The van der Waals surface area contributed by atoms with E-state index in [-0.39, 0.29) is 5.78 Å². The fourth-order valence-electron chi connectivity index (χ4n) is 1.90. The van der Waals surface area contributed by atoms with Gasteiger partial charge in [0.25, 0.3) is 0 Å². The first-order valence-electron chi connectivity index (χ1n) is 5.70. The summed E-state index contributed by atoms with van der Waals surface area (Å²) >= 11 is 0. The number of rotatable bonds is 2. The van der Waals surface area contributed by atoms with Crippen molar-refractivity contribution in [1.29, 1.82) is 0 Å². The molecule has 1 aromatic heterocycles. The molecule has 0 unspecified atom stereocenters. The van der Waals surface area contributed by atoms with Crippen molar-refractivity contribution in [3.63, 3.8) is 0 Å². The second kappa shape index (κ2) is 4.41. The molecule has 1 heterocycles. The van der Waals surface area contributed by atoms with Crippen LogP contribution in [0.2, 0.25) is 0 Å². The Kier molecular flexibility index (Phi) is 2.61. The maximum absolute atomic E-state index is 12.2. The molecule has 0 aliphatic rings. The Morgan fingerprint density at radius 1 is 1.00 bits per heavy atom. The van der Waals surface area contributed by atoms with Crippen LogP contribution in [0, 0.1) is 6.07 Å². The molecule has 0 atom stereocenters. The molecule has 2 aromatic carbocycles. The van der Waals surface area contributed by atoms with Crippen LogP contribution in [-0.4, -0.2) is 10.8 Å². The fourth-order valence-corrected chi connectivity index (χ4v) is 1.90. The fraction of sp³-hybridized carbons (Fsp3) is 0. The van der Waals surface area contributed by atoms with Gasteiger partial charge in [0, 0.05) is 29.6 Å². The third kappa shape index (κ3) is 1.89. The normalized spacial score (nSPS) is 10.4. The van der Waals surface area contributed by atoms with E-state index in [0.717, 1.165) is 10.8 Å². The lowest BCUT2D eigenvalue weighted by atomic mass is 10.0. The monoisotopic (exact) mass is 232 g/mol. The molecule has 3 rings (SSSR count). The van der Waals surface area contributed by atoms with Crippen molar-refractivity contribution in [2.45, 2.75) is 0 Å². The Bertz CT molecular complexity index is 704. The predicted octanol–water partition coefficient (Wildman–Crippen LogP) is 3.27. The van der Waals surface area contributed by atoms with Crippen LogP contribution >= 0.6 is 0 Å². The van der Waals surface area contributed by atoms with Crippen LogP contribution in [0.3, 0.4) is 0 Å². The highest BCUT2D eigenvalue weighted by Gasteiger charge is 2.09. The van der Waals surface area contributed by atoms with E-state index in [0.29, 0.717) is 11.1 Å². The second-order valence-corrected chi connectivity index (χ2v) is 4.03. The molecule has 0 N–H and O–H groups in total. The number of benzene rings is 2. The molecule has 0 fully saturated rings. The molecular weight excluding hydrogens is 222 g/mol.